The van der Waals surface area contributed by atoms with Gasteiger partial charge in [0.25, 0.3) is 0 Å². The summed E-state index contributed by atoms with van der Waals surface area (Å²) >= 11 is 3.21. The van der Waals surface area contributed by atoms with Crippen LogP contribution in [0.4, 0.5) is 0 Å². The third kappa shape index (κ3) is 21.8. The molecule has 0 aromatic carbocycles. The molecule has 0 radical (unpaired) electrons. The van der Waals surface area contributed by atoms with Gasteiger partial charge >= 0.3 is 239 Å². The maximum atomic E-state index is 3.21. The second kappa shape index (κ2) is 25.4. The van der Waals surface area contributed by atoms with Crippen LogP contribution in [0.15, 0.2) is 0 Å². The normalized spacial score (nSPS) is 13.2. The Morgan fingerprint density at radius 3 is 0.657 bits per heavy atom. The molecule has 0 spiro atoms. The molecule has 0 saturated heterocycles. The van der Waals surface area contributed by atoms with Crippen LogP contribution in [-0.4, -0.2) is 24.6 Å². The van der Waals surface area contributed by atoms with Crippen LogP contribution in [0.1, 0.15) is 188 Å². The van der Waals surface area contributed by atoms with E-state index in [1.54, 1.807) is 24.6 Å². The average Bonchev–Trinajstić information content (AvgIpc) is 2.85. The molecular weight excluding hydrogens is 554 g/mol. The van der Waals surface area contributed by atoms with Crippen LogP contribution in [0.2, 0.25) is 0 Å². The molecule has 0 unspecified atom stereocenters. The summed E-state index contributed by atoms with van der Waals surface area (Å²) in [7, 11) is 0. The maximum absolute atomic E-state index is 3.21. The SMILES string of the molecule is CCCCCCCCCCCCP(I)(CCCCCCC)(CCCCCCC)CCCCCCC. The summed E-state index contributed by atoms with van der Waals surface area (Å²) in [6.45, 7) is 9.40. The van der Waals surface area contributed by atoms with Gasteiger partial charge in [-0.2, -0.15) is 0 Å². The fourth-order valence-electron chi connectivity index (χ4n) is 6.00. The van der Waals surface area contributed by atoms with Crippen molar-refractivity contribution in [1.29, 1.82) is 0 Å². The zero-order chi connectivity index (χ0) is 26.0. The molecule has 0 heterocycles. The fraction of sp³-hybridized carbons (Fsp3) is 1.00. The van der Waals surface area contributed by atoms with E-state index < -0.39 is 4.25 Å². The number of unbranched alkanes of at least 4 members (excludes halogenated alkanes) is 21. The van der Waals surface area contributed by atoms with Gasteiger partial charge in [0.1, 0.15) is 0 Å². The average molecular weight is 625 g/mol. The van der Waals surface area contributed by atoms with Gasteiger partial charge in [0.05, 0.1) is 0 Å². The Morgan fingerprint density at radius 1 is 0.286 bits per heavy atom. The summed E-state index contributed by atoms with van der Waals surface area (Å²) in [4.78, 5) is 0. The van der Waals surface area contributed by atoms with Crippen molar-refractivity contribution >= 4 is 26.3 Å². The fourth-order valence-corrected chi connectivity index (χ4v) is 15.5. The Hall–Kier alpha value is 1.16. The minimum atomic E-state index is -1.59. The van der Waals surface area contributed by atoms with Crippen LogP contribution < -0.4 is 0 Å². The number of hydrogen-bond donors (Lipinski definition) is 0. The van der Waals surface area contributed by atoms with Crippen LogP contribution in [0.25, 0.3) is 0 Å². The van der Waals surface area contributed by atoms with E-state index in [2.05, 4.69) is 49.7 Å². The van der Waals surface area contributed by atoms with E-state index in [1.807, 2.05) is 0 Å². The Bertz CT molecular complexity index is 383. The van der Waals surface area contributed by atoms with Crippen molar-refractivity contribution in [3.8, 4) is 0 Å². The Balaban J connectivity index is 4.83. The first-order valence-corrected chi connectivity index (χ1v) is 22.5. The number of rotatable bonds is 29. The van der Waals surface area contributed by atoms with Crippen molar-refractivity contribution < 1.29 is 0 Å². The van der Waals surface area contributed by atoms with Gasteiger partial charge < -0.3 is 0 Å². The van der Waals surface area contributed by atoms with E-state index in [0.717, 1.165) is 0 Å². The summed E-state index contributed by atoms with van der Waals surface area (Å²) in [6.07, 6.45) is 43.3. The molecule has 0 aliphatic carbocycles. The summed E-state index contributed by atoms with van der Waals surface area (Å²) in [5.41, 5.74) is 0. The molecule has 2 heteroatoms. The summed E-state index contributed by atoms with van der Waals surface area (Å²) in [6, 6.07) is 0. The predicted molar refractivity (Wildman–Crippen MR) is 179 cm³/mol. The van der Waals surface area contributed by atoms with E-state index in [9.17, 15) is 0 Å². The molecule has 214 valence electrons. The molecule has 0 nitrogen and oxygen atoms in total. The van der Waals surface area contributed by atoms with Gasteiger partial charge in [-0.25, -0.2) is 0 Å². The molecule has 0 aliphatic heterocycles. The first-order chi connectivity index (χ1) is 17.0. The topological polar surface area (TPSA) is 0 Å². The third-order valence-electron chi connectivity index (χ3n) is 8.53. The van der Waals surface area contributed by atoms with E-state index in [4.69, 9.17) is 0 Å². The van der Waals surface area contributed by atoms with Crippen LogP contribution in [-0.2, 0) is 0 Å². The molecule has 0 atom stereocenters. The molecule has 0 rings (SSSR count). The first kappa shape index (κ1) is 36.2. The molecule has 0 aromatic heterocycles. The molecular formula is C33H70IP. The van der Waals surface area contributed by atoms with E-state index in [-0.39, 0.29) is 0 Å². The molecule has 0 aromatic rings. The van der Waals surface area contributed by atoms with Crippen molar-refractivity contribution in [1.82, 2.24) is 0 Å². The van der Waals surface area contributed by atoms with E-state index in [0.29, 0.717) is 0 Å². The quantitative estimate of drug-likeness (QED) is 0.0441. The summed E-state index contributed by atoms with van der Waals surface area (Å²) < 4.78 is -1.59. The van der Waals surface area contributed by atoms with Crippen LogP contribution in [0, 0.1) is 0 Å². The van der Waals surface area contributed by atoms with Gasteiger partial charge in [0.15, 0.2) is 0 Å². The molecule has 0 bridgehead atoms. The summed E-state index contributed by atoms with van der Waals surface area (Å²) in [5.74, 6) is 0. The van der Waals surface area contributed by atoms with E-state index in [1.165, 1.54) is 161 Å². The summed E-state index contributed by atoms with van der Waals surface area (Å²) in [5, 5.41) is 0. The zero-order valence-corrected chi connectivity index (χ0v) is 28.4. The van der Waals surface area contributed by atoms with Gasteiger partial charge in [0.2, 0.25) is 0 Å². The second-order valence-corrected chi connectivity index (χ2v) is 25.8. The minimum absolute atomic E-state index is 1.37. The Kier molecular flexibility index (Phi) is 26.3. The van der Waals surface area contributed by atoms with Crippen molar-refractivity contribution in [3.05, 3.63) is 0 Å². The molecule has 0 fully saturated rings. The third-order valence-corrected chi connectivity index (χ3v) is 20.1. The first-order valence-electron chi connectivity index (χ1n) is 16.8. The van der Waals surface area contributed by atoms with Gasteiger partial charge in [-0.15, -0.1) is 0 Å². The van der Waals surface area contributed by atoms with Crippen molar-refractivity contribution in [2.75, 3.05) is 24.6 Å². The van der Waals surface area contributed by atoms with Gasteiger partial charge in [-0.05, 0) is 0 Å². The van der Waals surface area contributed by atoms with E-state index >= 15 is 0 Å². The molecule has 35 heavy (non-hydrogen) atoms. The molecule has 0 amide bonds. The van der Waals surface area contributed by atoms with Gasteiger partial charge in [0, 0.05) is 0 Å². The van der Waals surface area contributed by atoms with Gasteiger partial charge in [-0.3, -0.25) is 0 Å². The Labute approximate surface area is 238 Å². The predicted octanol–water partition coefficient (Wildman–Crippen LogP) is 13.7. The van der Waals surface area contributed by atoms with Crippen molar-refractivity contribution in [2.45, 2.75) is 188 Å². The molecule has 0 saturated carbocycles. The molecule has 0 N–H and O–H groups in total. The molecule has 0 aliphatic rings. The zero-order valence-electron chi connectivity index (χ0n) is 25.3. The number of hydrogen-bond acceptors (Lipinski definition) is 0. The van der Waals surface area contributed by atoms with Crippen LogP contribution in [0.5, 0.6) is 0 Å². The monoisotopic (exact) mass is 624 g/mol. The van der Waals surface area contributed by atoms with Crippen molar-refractivity contribution in [2.24, 2.45) is 0 Å². The van der Waals surface area contributed by atoms with Crippen LogP contribution in [0.3, 0.4) is 0 Å². The Morgan fingerprint density at radius 2 is 0.457 bits per heavy atom. The van der Waals surface area contributed by atoms with Gasteiger partial charge in [-0.1, -0.05) is 0 Å². The number of halogens is 1. The standard InChI is InChI=1S/C33H70IP/c1-5-9-13-17-18-19-20-21-25-29-33-35(34,30-26-22-14-10-6-2,31-27-23-15-11-7-3)32-28-24-16-12-8-4/h5-33H2,1-4H3. The second-order valence-electron chi connectivity index (χ2n) is 12.1. The van der Waals surface area contributed by atoms with Crippen LogP contribution >= 0.6 is 26.3 Å². The van der Waals surface area contributed by atoms with Crippen molar-refractivity contribution in [3.63, 3.8) is 0 Å².